The molecular weight excluding hydrogens is 214 g/mol. The normalized spacial score (nSPS) is 13.0. The predicted molar refractivity (Wildman–Crippen MR) is 70.2 cm³/mol. The van der Waals surface area contributed by atoms with Crippen molar-refractivity contribution in [2.24, 2.45) is 0 Å². The van der Waals surface area contributed by atoms with Crippen molar-refractivity contribution in [3.63, 3.8) is 0 Å². The van der Waals surface area contributed by atoms with Crippen LogP contribution in [0.2, 0.25) is 0 Å². The van der Waals surface area contributed by atoms with Gasteiger partial charge < -0.3 is 15.2 Å². The lowest BCUT2D eigenvalue weighted by molar-refractivity contribution is 0.161. The fraction of sp³-hybridized carbons (Fsp3) is 0.571. The van der Waals surface area contributed by atoms with Crippen LogP contribution in [0.15, 0.2) is 24.3 Å². The Kier molecular flexibility index (Phi) is 6.19. The monoisotopic (exact) mass is 237 g/mol. The highest BCUT2D eigenvalue weighted by Gasteiger charge is 2.07. The minimum atomic E-state index is -0.451. The van der Waals surface area contributed by atoms with Crippen molar-refractivity contribution in [3.05, 3.63) is 35.4 Å². The first kappa shape index (κ1) is 14.2. The number of ether oxygens (including phenoxy) is 1. The van der Waals surface area contributed by atoms with Gasteiger partial charge in [0.25, 0.3) is 0 Å². The Labute approximate surface area is 104 Å². The Morgan fingerprint density at radius 2 is 1.76 bits per heavy atom. The first-order chi connectivity index (χ1) is 8.15. The smallest absolute Gasteiger partial charge is 0.0914 e. The Morgan fingerprint density at radius 1 is 1.18 bits per heavy atom. The molecule has 0 bridgehead atoms. The highest BCUT2D eigenvalue weighted by atomic mass is 16.5. The second-order valence-corrected chi connectivity index (χ2v) is 4.53. The lowest BCUT2D eigenvalue weighted by atomic mass is 10.00. The summed E-state index contributed by atoms with van der Waals surface area (Å²) in [6.07, 6.45) is -0.451. The lowest BCUT2D eigenvalue weighted by Gasteiger charge is -2.13. The minimum Gasteiger partial charge on any atom is -0.387 e. The summed E-state index contributed by atoms with van der Waals surface area (Å²) in [4.78, 5) is 0. The summed E-state index contributed by atoms with van der Waals surface area (Å²) in [6, 6.07) is 8.16. The average Bonchev–Trinajstić information content (AvgIpc) is 2.34. The van der Waals surface area contributed by atoms with Crippen molar-refractivity contribution in [2.75, 3.05) is 26.8 Å². The third kappa shape index (κ3) is 4.86. The number of hydrogen-bond acceptors (Lipinski definition) is 3. The summed E-state index contributed by atoms with van der Waals surface area (Å²) in [6.45, 7) is 6.32. The molecule has 0 fully saturated rings. The minimum absolute atomic E-state index is 0.451. The van der Waals surface area contributed by atoms with Gasteiger partial charge in [-0.05, 0) is 17.0 Å². The second kappa shape index (κ2) is 7.43. The second-order valence-electron chi connectivity index (χ2n) is 4.53. The van der Waals surface area contributed by atoms with E-state index in [-0.39, 0.29) is 0 Å². The fourth-order valence-corrected chi connectivity index (χ4v) is 1.63. The van der Waals surface area contributed by atoms with E-state index >= 15 is 0 Å². The maximum atomic E-state index is 9.95. The number of aliphatic hydroxyl groups is 1. The molecule has 1 unspecified atom stereocenters. The molecule has 17 heavy (non-hydrogen) atoms. The van der Waals surface area contributed by atoms with Crippen molar-refractivity contribution < 1.29 is 9.84 Å². The molecule has 3 heteroatoms. The first-order valence-corrected chi connectivity index (χ1v) is 6.12. The maximum absolute atomic E-state index is 9.95. The van der Waals surface area contributed by atoms with Crippen molar-refractivity contribution >= 4 is 0 Å². The van der Waals surface area contributed by atoms with E-state index in [9.17, 15) is 5.11 Å². The summed E-state index contributed by atoms with van der Waals surface area (Å²) in [5, 5.41) is 13.1. The summed E-state index contributed by atoms with van der Waals surface area (Å²) in [5.74, 6) is 0.529. The summed E-state index contributed by atoms with van der Waals surface area (Å²) in [5.41, 5.74) is 2.26. The molecule has 1 aromatic carbocycles. The van der Waals surface area contributed by atoms with Gasteiger partial charge in [-0.15, -0.1) is 0 Å². The van der Waals surface area contributed by atoms with Gasteiger partial charge in [0.15, 0.2) is 0 Å². The van der Waals surface area contributed by atoms with Gasteiger partial charge in [0.2, 0.25) is 0 Å². The number of methoxy groups -OCH3 is 1. The van der Waals surface area contributed by atoms with Gasteiger partial charge in [0.05, 0.1) is 12.7 Å². The number of rotatable bonds is 7. The highest BCUT2D eigenvalue weighted by molar-refractivity contribution is 5.26. The zero-order valence-corrected chi connectivity index (χ0v) is 10.9. The Balaban J connectivity index is 2.43. The predicted octanol–water partition coefficient (Wildman–Crippen LogP) is 2.08. The van der Waals surface area contributed by atoms with Crippen molar-refractivity contribution in [3.8, 4) is 0 Å². The van der Waals surface area contributed by atoms with Crippen LogP contribution < -0.4 is 5.32 Å². The third-order valence-electron chi connectivity index (χ3n) is 2.81. The number of nitrogens with one attached hydrogen (secondary N) is 1. The molecule has 0 aromatic heterocycles. The van der Waals surface area contributed by atoms with Gasteiger partial charge in [0, 0.05) is 20.2 Å². The molecule has 0 saturated carbocycles. The maximum Gasteiger partial charge on any atom is 0.0914 e. The van der Waals surface area contributed by atoms with Crippen LogP contribution in [0.1, 0.15) is 37.0 Å². The molecule has 96 valence electrons. The molecule has 0 heterocycles. The molecule has 1 aromatic rings. The van der Waals surface area contributed by atoms with Crippen LogP contribution >= 0.6 is 0 Å². The summed E-state index contributed by atoms with van der Waals surface area (Å²) in [7, 11) is 1.67. The van der Waals surface area contributed by atoms with Crippen LogP contribution in [-0.2, 0) is 4.74 Å². The average molecular weight is 237 g/mol. The highest BCUT2D eigenvalue weighted by Crippen LogP contribution is 2.18. The van der Waals surface area contributed by atoms with E-state index < -0.39 is 6.10 Å². The molecule has 0 radical (unpaired) electrons. The third-order valence-corrected chi connectivity index (χ3v) is 2.81. The number of aliphatic hydroxyl groups excluding tert-OH is 1. The topological polar surface area (TPSA) is 41.5 Å². The molecule has 0 aliphatic heterocycles. The Bertz CT molecular complexity index is 309. The first-order valence-electron chi connectivity index (χ1n) is 6.12. The molecule has 0 aliphatic rings. The van der Waals surface area contributed by atoms with E-state index in [0.717, 1.165) is 12.1 Å². The quantitative estimate of drug-likeness (QED) is 0.713. The van der Waals surface area contributed by atoms with Crippen LogP contribution in [0.5, 0.6) is 0 Å². The number of hydrogen-bond donors (Lipinski definition) is 2. The zero-order chi connectivity index (χ0) is 12.7. The molecule has 1 atom stereocenters. The summed E-state index contributed by atoms with van der Waals surface area (Å²) >= 11 is 0. The molecule has 0 aliphatic carbocycles. The molecular formula is C14H23NO2. The standard InChI is InChI=1S/C14H23NO2/c1-11(2)12-4-6-13(7-5-12)14(16)10-15-8-9-17-3/h4-7,11,14-16H,8-10H2,1-3H3. The SMILES string of the molecule is COCCNCC(O)c1ccc(C(C)C)cc1. The van der Waals surface area contributed by atoms with E-state index in [0.29, 0.717) is 19.1 Å². The van der Waals surface area contributed by atoms with Crippen LogP contribution in [0.4, 0.5) is 0 Å². The van der Waals surface area contributed by atoms with Gasteiger partial charge in [-0.2, -0.15) is 0 Å². The van der Waals surface area contributed by atoms with Gasteiger partial charge in [-0.1, -0.05) is 38.1 Å². The molecule has 1 rings (SSSR count). The van der Waals surface area contributed by atoms with Crippen LogP contribution in [0.25, 0.3) is 0 Å². The number of benzene rings is 1. The molecule has 0 amide bonds. The molecule has 0 saturated heterocycles. The van der Waals surface area contributed by atoms with Gasteiger partial charge in [0.1, 0.15) is 0 Å². The van der Waals surface area contributed by atoms with E-state index in [4.69, 9.17) is 4.74 Å². The molecule has 3 nitrogen and oxygen atoms in total. The van der Waals surface area contributed by atoms with E-state index in [1.807, 2.05) is 12.1 Å². The molecule has 0 spiro atoms. The van der Waals surface area contributed by atoms with Gasteiger partial charge >= 0.3 is 0 Å². The van der Waals surface area contributed by atoms with Crippen LogP contribution in [0.3, 0.4) is 0 Å². The van der Waals surface area contributed by atoms with E-state index in [1.54, 1.807) is 7.11 Å². The van der Waals surface area contributed by atoms with Gasteiger partial charge in [-0.25, -0.2) is 0 Å². The van der Waals surface area contributed by atoms with Crippen molar-refractivity contribution in [2.45, 2.75) is 25.9 Å². The van der Waals surface area contributed by atoms with Gasteiger partial charge in [-0.3, -0.25) is 0 Å². The fourth-order valence-electron chi connectivity index (χ4n) is 1.63. The zero-order valence-electron chi connectivity index (χ0n) is 10.9. The summed E-state index contributed by atoms with van der Waals surface area (Å²) < 4.78 is 4.93. The van der Waals surface area contributed by atoms with Crippen LogP contribution in [0, 0.1) is 0 Å². The van der Waals surface area contributed by atoms with Crippen molar-refractivity contribution in [1.82, 2.24) is 5.32 Å². The van der Waals surface area contributed by atoms with E-state index in [1.165, 1.54) is 5.56 Å². The van der Waals surface area contributed by atoms with E-state index in [2.05, 4.69) is 31.3 Å². The van der Waals surface area contributed by atoms with Crippen molar-refractivity contribution in [1.29, 1.82) is 0 Å². The lowest BCUT2D eigenvalue weighted by Crippen LogP contribution is -2.24. The molecule has 2 N–H and O–H groups in total. The Hall–Kier alpha value is -0.900. The largest absolute Gasteiger partial charge is 0.387 e. The van der Waals surface area contributed by atoms with Crippen LogP contribution in [-0.4, -0.2) is 31.9 Å². The Morgan fingerprint density at radius 3 is 2.29 bits per heavy atom.